The third kappa shape index (κ3) is 4.15. The summed E-state index contributed by atoms with van der Waals surface area (Å²) >= 11 is 5.90. The van der Waals surface area contributed by atoms with E-state index >= 15 is 0 Å². The minimum Gasteiger partial charge on any atom is -0.495 e. The van der Waals surface area contributed by atoms with Gasteiger partial charge in [-0.2, -0.15) is 0 Å². The molecular formula is C17H18ClNO3. The van der Waals surface area contributed by atoms with Gasteiger partial charge in [0.1, 0.15) is 11.5 Å². The van der Waals surface area contributed by atoms with E-state index < -0.39 is 6.10 Å². The van der Waals surface area contributed by atoms with Gasteiger partial charge in [0.2, 0.25) is 0 Å². The predicted molar refractivity (Wildman–Crippen MR) is 87.9 cm³/mol. The smallest absolute Gasteiger partial charge is 0.265 e. The second-order valence-electron chi connectivity index (χ2n) is 4.91. The van der Waals surface area contributed by atoms with Gasteiger partial charge in [-0.15, -0.1) is 0 Å². The number of methoxy groups -OCH3 is 1. The van der Waals surface area contributed by atoms with Gasteiger partial charge in [-0.3, -0.25) is 4.79 Å². The SMILES string of the molecule is COc1ccc(C)cc1NC(=O)[C@H](C)Oc1cccc(Cl)c1. The van der Waals surface area contributed by atoms with E-state index in [-0.39, 0.29) is 5.91 Å². The van der Waals surface area contributed by atoms with Crippen LogP contribution in [0.25, 0.3) is 0 Å². The summed E-state index contributed by atoms with van der Waals surface area (Å²) in [7, 11) is 1.56. The Kier molecular flexibility index (Phi) is 5.28. The van der Waals surface area contributed by atoms with Gasteiger partial charge in [-0.25, -0.2) is 0 Å². The number of rotatable bonds is 5. The number of amides is 1. The van der Waals surface area contributed by atoms with Gasteiger partial charge in [0.05, 0.1) is 12.8 Å². The summed E-state index contributed by atoms with van der Waals surface area (Å²) in [6, 6.07) is 12.5. The Morgan fingerprint density at radius 2 is 2.00 bits per heavy atom. The maximum absolute atomic E-state index is 12.3. The Balaban J connectivity index is 2.07. The van der Waals surface area contributed by atoms with Crippen LogP contribution in [0.4, 0.5) is 5.69 Å². The first kappa shape index (κ1) is 16.2. The van der Waals surface area contributed by atoms with Crippen molar-refractivity contribution in [3.05, 3.63) is 53.1 Å². The Morgan fingerprint density at radius 3 is 2.68 bits per heavy atom. The highest BCUT2D eigenvalue weighted by Gasteiger charge is 2.17. The minimum absolute atomic E-state index is 0.260. The lowest BCUT2D eigenvalue weighted by molar-refractivity contribution is -0.122. The van der Waals surface area contributed by atoms with Crippen molar-refractivity contribution in [3.8, 4) is 11.5 Å². The van der Waals surface area contributed by atoms with Crippen LogP contribution in [0.1, 0.15) is 12.5 Å². The summed E-state index contributed by atoms with van der Waals surface area (Å²) in [6.45, 7) is 3.62. The molecule has 0 heterocycles. The van der Waals surface area contributed by atoms with Gasteiger partial charge in [-0.1, -0.05) is 23.7 Å². The maximum atomic E-state index is 12.3. The zero-order chi connectivity index (χ0) is 16.1. The third-order valence-corrected chi connectivity index (χ3v) is 3.33. The number of nitrogens with one attached hydrogen (secondary N) is 1. The molecule has 0 aliphatic carbocycles. The first-order chi connectivity index (χ1) is 10.5. The summed E-state index contributed by atoms with van der Waals surface area (Å²) < 4.78 is 10.8. The molecule has 0 fully saturated rings. The van der Waals surface area contributed by atoms with Crippen molar-refractivity contribution < 1.29 is 14.3 Å². The van der Waals surface area contributed by atoms with Crippen LogP contribution in [0.15, 0.2) is 42.5 Å². The second-order valence-corrected chi connectivity index (χ2v) is 5.35. The Morgan fingerprint density at radius 1 is 1.23 bits per heavy atom. The molecule has 4 nitrogen and oxygen atoms in total. The number of carbonyl (C=O) groups excluding carboxylic acids is 1. The molecule has 0 aliphatic heterocycles. The lowest BCUT2D eigenvalue weighted by Gasteiger charge is -2.16. The zero-order valence-corrected chi connectivity index (χ0v) is 13.5. The van der Waals surface area contributed by atoms with Crippen LogP contribution in [0.5, 0.6) is 11.5 Å². The second kappa shape index (κ2) is 7.18. The summed E-state index contributed by atoms with van der Waals surface area (Å²) in [4.78, 5) is 12.3. The van der Waals surface area contributed by atoms with Gasteiger partial charge >= 0.3 is 0 Å². The van der Waals surface area contributed by atoms with E-state index in [1.807, 2.05) is 25.1 Å². The van der Waals surface area contributed by atoms with E-state index in [9.17, 15) is 4.79 Å². The van der Waals surface area contributed by atoms with Crippen LogP contribution in [0.2, 0.25) is 5.02 Å². The van der Waals surface area contributed by atoms with E-state index in [0.29, 0.717) is 22.2 Å². The van der Waals surface area contributed by atoms with E-state index in [4.69, 9.17) is 21.1 Å². The van der Waals surface area contributed by atoms with Crippen molar-refractivity contribution in [2.75, 3.05) is 12.4 Å². The number of hydrogen-bond acceptors (Lipinski definition) is 3. The van der Waals surface area contributed by atoms with Crippen LogP contribution in [-0.2, 0) is 4.79 Å². The molecule has 116 valence electrons. The van der Waals surface area contributed by atoms with Crippen molar-refractivity contribution in [3.63, 3.8) is 0 Å². The summed E-state index contributed by atoms with van der Waals surface area (Å²) in [5, 5.41) is 3.38. The predicted octanol–water partition coefficient (Wildman–Crippen LogP) is 4.06. The van der Waals surface area contributed by atoms with Crippen LogP contribution < -0.4 is 14.8 Å². The number of hydrogen-bond donors (Lipinski definition) is 1. The third-order valence-electron chi connectivity index (χ3n) is 3.09. The van der Waals surface area contributed by atoms with Gasteiger partial charge in [0.25, 0.3) is 5.91 Å². The van der Waals surface area contributed by atoms with E-state index in [0.717, 1.165) is 5.56 Å². The lowest BCUT2D eigenvalue weighted by Crippen LogP contribution is -2.30. The molecular weight excluding hydrogens is 302 g/mol. The summed E-state index contributed by atoms with van der Waals surface area (Å²) in [5.74, 6) is 0.893. The molecule has 0 spiro atoms. The Bertz CT molecular complexity index is 673. The molecule has 1 N–H and O–H groups in total. The number of anilines is 1. The molecule has 0 radical (unpaired) electrons. The topological polar surface area (TPSA) is 47.6 Å². The van der Waals surface area contributed by atoms with Crippen LogP contribution in [0, 0.1) is 6.92 Å². The highest BCUT2D eigenvalue weighted by molar-refractivity contribution is 6.30. The van der Waals surface area contributed by atoms with Crippen molar-refractivity contribution >= 4 is 23.2 Å². The number of benzene rings is 2. The summed E-state index contributed by atoms with van der Waals surface area (Å²) in [5.41, 5.74) is 1.65. The highest BCUT2D eigenvalue weighted by atomic mass is 35.5. The molecule has 0 saturated carbocycles. The lowest BCUT2D eigenvalue weighted by atomic mass is 10.2. The fourth-order valence-electron chi connectivity index (χ4n) is 1.95. The number of ether oxygens (including phenoxy) is 2. The number of halogens is 1. The molecule has 2 aromatic carbocycles. The zero-order valence-electron chi connectivity index (χ0n) is 12.7. The van der Waals surface area contributed by atoms with Gasteiger partial charge in [0, 0.05) is 5.02 Å². The monoisotopic (exact) mass is 319 g/mol. The van der Waals surface area contributed by atoms with Crippen molar-refractivity contribution in [2.24, 2.45) is 0 Å². The van der Waals surface area contributed by atoms with E-state index in [2.05, 4.69) is 5.32 Å². The normalized spacial score (nSPS) is 11.6. The Labute approximate surface area is 135 Å². The molecule has 0 unspecified atom stereocenters. The quantitative estimate of drug-likeness (QED) is 0.904. The average molecular weight is 320 g/mol. The number of aryl methyl sites for hydroxylation is 1. The molecule has 1 atom stereocenters. The van der Waals surface area contributed by atoms with Crippen molar-refractivity contribution in [2.45, 2.75) is 20.0 Å². The van der Waals surface area contributed by atoms with Gasteiger partial charge < -0.3 is 14.8 Å². The maximum Gasteiger partial charge on any atom is 0.265 e. The van der Waals surface area contributed by atoms with Crippen LogP contribution in [-0.4, -0.2) is 19.1 Å². The largest absolute Gasteiger partial charge is 0.495 e. The number of carbonyl (C=O) groups is 1. The van der Waals surface area contributed by atoms with Gasteiger partial charge in [0.15, 0.2) is 6.10 Å². The van der Waals surface area contributed by atoms with Crippen molar-refractivity contribution in [1.29, 1.82) is 0 Å². The fourth-order valence-corrected chi connectivity index (χ4v) is 2.13. The van der Waals surface area contributed by atoms with Crippen molar-refractivity contribution in [1.82, 2.24) is 0 Å². The molecule has 0 saturated heterocycles. The fraction of sp³-hybridized carbons (Fsp3) is 0.235. The Hall–Kier alpha value is -2.20. The van der Waals surface area contributed by atoms with E-state index in [1.165, 1.54) is 0 Å². The minimum atomic E-state index is -0.663. The molecule has 2 aromatic rings. The van der Waals surface area contributed by atoms with E-state index in [1.54, 1.807) is 38.3 Å². The molecule has 2 rings (SSSR count). The first-order valence-corrected chi connectivity index (χ1v) is 7.25. The molecule has 0 bridgehead atoms. The molecule has 22 heavy (non-hydrogen) atoms. The standard InChI is InChI=1S/C17H18ClNO3/c1-11-7-8-16(21-3)15(9-11)19-17(20)12(2)22-14-6-4-5-13(18)10-14/h4-10,12H,1-3H3,(H,19,20)/t12-/m0/s1. The molecule has 1 amide bonds. The highest BCUT2D eigenvalue weighted by Crippen LogP contribution is 2.25. The molecule has 0 aliphatic rings. The molecule has 0 aromatic heterocycles. The summed E-state index contributed by atoms with van der Waals surface area (Å²) in [6.07, 6.45) is -0.663. The molecule has 5 heteroatoms. The van der Waals surface area contributed by atoms with Crippen LogP contribution >= 0.6 is 11.6 Å². The average Bonchev–Trinajstić information content (AvgIpc) is 2.47. The van der Waals surface area contributed by atoms with Gasteiger partial charge in [-0.05, 0) is 49.7 Å². The first-order valence-electron chi connectivity index (χ1n) is 6.87. The van der Waals surface area contributed by atoms with Crippen LogP contribution in [0.3, 0.4) is 0 Å².